The van der Waals surface area contributed by atoms with Gasteiger partial charge < -0.3 is 10.1 Å². The first kappa shape index (κ1) is 14.8. The van der Waals surface area contributed by atoms with Crippen molar-refractivity contribution in [1.29, 1.82) is 0 Å². The quantitative estimate of drug-likeness (QED) is 0.890. The van der Waals surface area contributed by atoms with Crippen LogP contribution in [0.1, 0.15) is 52.6 Å². The maximum Gasteiger partial charge on any atom is 0.0787 e. The molecule has 2 nitrogen and oxygen atoms in total. The number of ether oxygens (including phenoxy) is 1. The van der Waals surface area contributed by atoms with E-state index in [1.807, 2.05) is 18.2 Å². The van der Waals surface area contributed by atoms with Gasteiger partial charge in [0.15, 0.2) is 0 Å². The van der Waals surface area contributed by atoms with E-state index in [0.29, 0.717) is 6.04 Å². The molecule has 0 radical (unpaired) electrons. The molecule has 1 N–H and O–H groups in total. The van der Waals surface area contributed by atoms with Crippen LogP contribution in [0.25, 0.3) is 0 Å². The van der Waals surface area contributed by atoms with Gasteiger partial charge in [-0.15, -0.1) is 0 Å². The number of rotatable bonds is 3. The van der Waals surface area contributed by atoms with Crippen LogP contribution in [0.4, 0.5) is 0 Å². The maximum absolute atomic E-state index is 6.12. The fourth-order valence-electron chi connectivity index (χ4n) is 3.00. The second-order valence-electron chi connectivity index (χ2n) is 6.67. The van der Waals surface area contributed by atoms with Crippen LogP contribution in [-0.2, 0) is 4.74 Å². The molecule has 1 aliphatic rings. The highest BCUT2D eigenvalue weighted by atomic mass is 35.5. The van der Waals surface area contributed by atoms with Crippen molar-refractivity contribution in [3.63, 3.8) is 0 Å². The molecule has 1 fully saturated rings. The van der Waals surface area contributed by atoms with Crippen LogP contribution >= 0.6 is 11.6 Å². The van der Waals surface area contributed by atoms with Gasteiger partial charge in [0.2, 0.25) is 0 Å². The summed E-state index contributed by atoms with van der Waals surface area (Å²) < 4.78 is 6.12. The summed E-state index contributed by atoms with van der Waals surface area (Å²) in [6.07, 6.45) is 1.02. The molecule has 0 saturated carbocycles. The number of hydrogen-bond acceptors (Lipinski definition) is 2. The minimum absolute atomic E-state index is 0.0603. The van der Waals surface area contributed by atoms with Crippen molar-refractivity contribution < 1.29 is 4.74 Å². The van der Waals surface area contributed by atoms with Gasteiger partial charge in [-0.1, -0.05) is 23.7 Å². The zero-order valence-corrected chi connectivity index (χ0v) is 13.2. The van der Waals surface area contributed by atoms with Gasteiger partial charge in [-0.25, -0.2) is 0 Å². The molecule has 1 aromatic carbocycles. The van der Waals surface area contributed by atoms with E-state index in [0.717, 1.165) is 11.4 Å². The lowest BCUT2D eigenvalue weighted by Gasteiger charge is -2.30. The summed E-state index contributed by atoms with van der Waals surface area (Å²) in [5, 5.41) is 4.47. The number of nitrogens with one attached hydrogen (secondary N) is 1. The second-order valence-corrected chi connectivity index (χ2v) is 7.10. The molecule has 0 amide bonds. The number of hydrogen-bond donors (Lipinski definition) is 1. The zero-order valence-electron chi connectivity index (χ0n) is 12.5. The SMILES string of the molecule is C[C@H](NC1CC(C)(C)OC1(C)C)c1cccc(Cl)c1. The van der Waals surface area contributed by atoms with E-state index in [1.165, 1.54) is 5.56 Å². The standard InChI is InChI=1S/C16H24ClNO/c1-11(12-7-6-8-13(17)9-12)18-14-10-15(2,3)19-16(14,4)5/h6-9,11,14,18H,10H2,1-5H3/t11-,14?/m0/s1. The number of benzene rings is 1. The van der Waals surface area contributed by atoms with E-state index in [9.17, 15) is 0 Å². The summed E-state index contributed by atoms with van der Waals surface area (Å²) in [4.78, 5) is 0. The molecule has 19 heavy (non-hydrogen) atoms. The molecule has 2 rings (SSSR count). The van der Waals surface area contributed by atoms with E-state index >= 15 is 0 Å². The van der Waals surface area contributed by atoms with Gasteiger partial charge >= 0.3 is 0 Å². The highest BCUT2D eigenvalue weighted by Crippen LogP contribution is 2.38. The van der Waals surface area contributed by atoms with Crippen molar-refractivity contribution in [2.24, 2.45) is 0 Å². The zero-order chi connectivity index (χ0) is 14.3. The van der Waals surface area contributed by atoms with E-state index in [1.54, 1.807) is 0 Å². The van der Waals surface area contributed by atoms with E-state index in [2.05, 4.69) is 46.0 Å². The Kier molecular flexibility index (Phi) is 3.97. The van der Waals surface area contributed by atoms with Gasteiger partial charge in [-0.3, -0.25) is 0 Å². The molecule has 1 heterocycles. The highest BCUT2D eigenvalue weighted by Gasteiger charge is 2.46. The molecular weight excluding hydrogens is 258 g/mol. The Labute approximate surface area is 121 Å². The molecule has 1 aliphatic heterocycles. The van der Waals surface area contributed by atoms with Crippen molar-refractivity contribution in [2.75, 3.05) is 0 Å². The van der Waals surface area contributed by atoms with Crippen molar-refractivity contribution in [3.8, 4) is 0 Å². The molecule has 106 valence electrons. The molecule has 1 unspecified atom stereocenters. The second kappa shape index (κ2) is 5.08. The van der Waals surface area contributed by atoms with Gasteiger partial charge in [-0.05, 0) is 58.7 Å². The normalized spacial score (nSPS) is 26.3. The molecule has 1 saturated heterocycles. The van der Waals surface area contributed by atoms with Crippen LogP contribution in [0.15, 0.2) is 24.3 Å². The van der Waals surface area contributed by atoms with E-state index in [-0.39, 0.29) is 17.2 Å². The first-order valence-corrected chi connectivity index (χ1v) is 7.29. The fraction of sp³-hybridized carbons (Fsp3) is 0.625. The number of halogens is 1. The minimum Gasteiger partial charge on any atom is -0.368 e. The smallest absolute Gasteiger partial charge is 0.0787 e. The summed E-state index contributed by atoms with van der Waals surface area (Å²) >= 11 is 6.05. The first-order valence-electron chi connectivity index (χ1n) is 6.91. The van der Waals surface area contributed by atoms with Gasteiger partial charge in [0, 0.05) is 17.1 Å². The lowest BCUT2D eigenvalue weighted by atomic mass is 9.93. The molecule has 0 aromatic heterocycles. The third-order valence-electron chi connectivity index (χ3n) is 3.87. The highest BCUT2D eigenvalue weighted by molar-refractivity contribution is 6.30. The Morgan fingerprint density at radius 3 is 2.53 bits per heavy atom. The lowest BCUT2D eigenvalue weighted by Crippen LogP contribution is -2.44. The van der Waals surface area contributed by atoms with Crippen LogP contribution in [0, 0.1) is 0 Å². The van der Waals surface area contributed by atoms with Gasteiger partial charge in [-0.2, -0.15) is 0 Å². The van der Waals surface area contributed by atoms with Crippen molar-refractivity contribution in [3.05, 3.63) is 34.9 Å². The Morgan fingerprint density at radius 2 is 2.00 bits per heavy atom. The summed E-state index contributed by atoms with van der Waals surface area (Å²) in [6, 6.07) is 8.64. The van der Waals surface area contributed by atoms with Crippen LogP contribution in [0.5, 0.6) is 0 Å². The van der Waals surface area contributed by atoms with Gasteiger partial charge in [0.1, 0.15) is 0 Å². The van der Waals surface area contributed by atoms with Crippen molar-refractivity contribution in [1.82, 2.24) is 5.32 Å². The van der Waals surface area contributed by atoms with Crippen molar-refractivity contribution >= 4 is 11.6 Å². The van der Waals surface area contributed by atoms with E-state index in [4.69, 9.17) is 16.3 Å². The maximum atomic E-state index is 6.12. The van der Waals surface area contributed by atoms with Gasteiger partial charge in [0.25, 0.3) is 0 Å². The Balaban J connectivity index is 2.09. The largest absolute Gasteiger partial charge is 0.368 e. The molecule has 0 spiro atoms. The predicted molar refractivity (Wildman–Crippen MR) is 80.7 cm³/mol. The Morgan fingerprint density at radius 1 is 1.32 bits per heavy atom. The molecule has 3 heteroatoms. The fourth-order valence-corrected chi connectivity index (χ4v) is 3.19. The topological polar surface area (TPSA) is 21.3 Å². The third kappa shape index (κ3) is 3.50. The first-order chi connectivity index (χ1) is 8.70. The predicted octanol–water partition coefficient (Wildman–Crippen LogP) is 4.34. The Hall–Kier alpha value is -0.570. The lowest BCUT2D eigenvalue weighted by molar-refractivity contribution is -0.0703. The summed E-state index contributed by atoms with van der Waals surface area (Å²) in [6.45, 7) is 10.8. The van der Waals surface area contributed by atoms with Crippen molar-refractivity contribution in [2.45, 2.75) is 64.3 Å². The van der Waals surface area contributed by atoms with Gasteiger partial charge in [0.05, 0.1) is 11.2 Å². The molecule has 1 aromatic rings. The average Bonchev–Trinajstić information content (AvgIpc) is 2.46. The summed E-state index contributed by atoms with van der Waals surface area (Å²) in [5.41, 5.74) is 1.01. The monoisotopic (exact) mass is 281 g/mol. The molecule has 2 atom stereocenters. The van der Waals surface area contributed by atoms with Crippen LogP contribution in [0.3, 0.4) is 0 Å². The van der Waals surface area contributed by atoms with Crippen LogP contribution in [-0.4, -0.2) is 17.2 Å². The average molecular weight is 282 g/mol. The molecular formula is C16H24ClNO. The van der Waals surface area contributed by atoms with Crippen LogP contribution < -0.4 is 5.32 Å². The third-order valence-corrected chi connectivity index (χ3v) is 4.11. The van der Waals surface area contributed by atoms with E-state index < -0.39 is 0 Å². The molecule has 0 bridgehead atoms. The summed E-state index contributed by atoms with van der Waals surface area (Å²) in [5.74, 6) is 0. The molecule has 0 aliphatic carbocycles. The van der Waals surface area contributed by atoms with Crippen LogP contribution in [0.2, 0.25) is 5.02 Å². The summed E-state index contributed by atoms with van der Waals surface area (Å²) in [7, 11) is 0. The minimum atomic E-state index is -0.143. The Bertz CT molecular complexity index is 456.